The maximum atomic E-state index is 10.3. The summed E-state index contributed by atoms with van der Waals surface area (Å²) in [6.45, 7) is 4.53. The molecule has 0 radical (unpaired) electrons. The first-order valence-corrected chi connectivity index (χ1v) is 17.0. The van der Waals surface area contributed by atoms with E-state index in [1.54, 1.807) is 0 Å². The van der Waals surface area contributed by atoms with Crippen LogP contribution in [0.15, 0.2) is 0 Å². The molecule has 0 unspecified atom stereocenters. The zero-order chi connectivity index (χ0) is 28.4. The summed E-state index contributed by atoms with van der Waals surface area (Å²) in [5, 5.41) is 17.0. The summed E-state index contributed by atoms with van der Waals surface area (Å²) in [7, 11) is 0. The Hall–Kier alpha value is 0.200. The van der Waals surface area contributed by atoms with Gasteiger partial charge in [0.15, 0.2) is 0 Å². The molecule has 0 aliphatic carbocycles. The fourth-order valence-corrected chi connectivity index (χ4v) is 4.94. The summed E-state index contributed by atoms with van der Waals surface area (Å²) < 4.78 is 0. The van der Waals surface area contributed by atoms with E-state index in [0.29, 0.717) is 12.8 Å². The van der Waals surface area contributed by atoms with Gasteiger partial charge in [-0.3, -0.25) is 9.59 Å². The molecule has 232 valence electrons. The van der Waals surface area contributed by atoms with Gasteiger partial charge < -0.3 is 13.1 Å². The van der Waals surface area contributed by atoms with Gasteiger partial charge in [-0.05, 0) is 12.8 Å². The van der Waals surface area contributed by atoms with E-state index >= 15 is 0 Å². The topological polar surface area (TPSA) is 74.6 Å². The van der Waals surface area contributed by atoms with Gasteiger partial charge in [-0.15, -0.1) is 0 Å². The number of carbonyl (C=O) groups is 2. The smallest absolute Gasteiger partial charge is 1.00 e. The SMILES string of the molecule is CCCCCCCCCCCCCCCC(=O)O.CCCCCCCCCCCCCCCCCC(=O)O.[Ca+2].[H-].[H-]. The molecule has 4 nitrogen and oxygen atoms in total. The van der Waals surface area contributed by atoms with Crippen LogP contribution in [0.1, 0.15) is 209 Å². The van der Waals surface area contributed by atoms with Crippen molar-refractivity contribution in [3.63, 3.8) is 0 Å². The standard InChI is InChI=1S/C18H36O2.C16H32O2.Ca.2H/c1-2-3-4-5-6-7-8-9-10-11-12-13-14-15-16-17-18(19)20;1-2-3-4-5-6-7-8-9-10-11-12-13-14-15-16(17)18;;;/h2-17H2,1H3,(H,19,20);2-15H2,1H3,(H,17,18);;;/q;;+2;2*-1. The normalized spacial score (nSPS) is 10.5. The van der Waals surface area contributed by atoms with E-state index in [-0.39, 0.29) is 40.6 Å². The van der Waals surface area contributed by atoms with E-state index in [4.69, 9.17) is 10.2 Å². The zero-order valence-corrected chi connectivity index (χ0v) is 28.8. The Morgan fingerprint density at radius 1 is 0.359 bits per heavy atom. The van der Waals surface area contributed by atoms with Gasteiger partial charge in [-0.25, -0.2) is 0 Å². The predicted octanol–water partition coefficient (Wildman–Crippen LogP) is 11.7. The Morgan fingerprint density at radius 2 is 0.513 bits per heavy atom. The summed E-state index contributed by atoms with van der Waals surface area (Å²) in [5.41, 5.74) is 0. The maximum absolute atomic E-state index is 10.3. The second-order valence-electron chi connectivity index (χ2n) is 11.5. The first-order chi connectivity index (χ1) is 18.5. The van der Waals surface area contributed by atoms with Crippen molar-refractivity contribution in [2.24, 2.45) is 0 Å². The number of carboxylic acids is 2. The third kappa shape index (κ3) is 48.3. The fourth-order valence-electron chi connectivity index (χ4n) is 4.94. The summed E-state index contributed by atoms with van der Waals surface area (Å²) in [6.07, 6.45) is 37.5. The number of hydrogen-bond acceptors (Lipinski definition) is 2. The number of unbranched alkanes of at least 4 members (excludes halogenated alkanes) is 26. The van der Waals surface area contributed by atoms with E-state index in [1.807, 2.05) is 0 Å². The van der Waals surface area contributed by atoms with Crippen LogP contribution in [0.5, 0.6) is 0 Å². The van der Waals surface area contributed by atoms with Gasteiger partial charge in [0.1, 0.15) is 0 Å². The Morgan fingerprint density at radius 3 is 0.667 bits per heavy atom. The second kappa shape index (κ2) is 40.3. The molecule has 0 rings (SSSR count). The minimum Gasteiger partial charge on any atom is -1.00 e. The molecular formula is C34H70CaO4. The Balaban J connectivity index is -0.000000197. The molecule has 5 heteroatoms. The number of hydrogen-bond donors (Lipinski definition) is 2. The largest absolute Gasteiger partial charge is 2.00 e. The third-order valence-corrected chi connectivity index (χ3v) is 7.49. The first-order valence-electron chi connectivity index (χ1n) is 17.0. The van der Waals surface area contributed by atoms with Gasteiger partial charge in [0.2, 0.25) is 0 Å². The van der Waals surface area contributed by atoms with Crippen molar-refractivity contribution in [2.45, 2.75) is 206 Å². The van der Waals surface area contributed by atoms with Crippen molar-refractivity contribution < 1.29 is 22.7 Å². The molecule has 2 N–H and O–H groups in total. The number of carboxylic acid groups (broad SMARTS) is 2. The third-order valence-electron chi connectivity index (χ3n) is 7.49. The van der Waals surface area contributed by atoms with Crippen molar-refractivity contribution in [2.75, 3.05) is 0 Å². The molecule has 0 saturated carbocycles. The Bertz CT molecular complexity index is 482. The van der Waals surface area contributed by atoms with Crippen molar-refractivity contribution in [3.05, 3.63) is 0 Å². The average Bonchev–Trinajstić information content (AvgIpc) is 2.89. The molecule has 0 bridgehead atoms. The number of rotatable bonds is 30. The van der Waals surface area contributed by atoms with Crippen molar-refractivity contribution in [3.8, 4) is 0 Å². The minimum absolute atomic E-state index is 0. The van der Waals surface area contributed by atoms with Gasteiger partial charge in [-0.1, -0.05) is 181 Å². The van der Waals surface area contributed by atoms with Crippen LogP contribution in [0.3, 0.4) is 0 Å². The van der Waals surface area contributed by atoms with Gasteiger partial charge in [-0.2, -0.15) is 0 Å². The van der Waals surface area contributed by atoms with Crippen LogP contribution in [0.25, 0.3) is 0 Å². The van der Waals surface area contributed by atoms with Crippen LogP contribution in [-0.2, 0) is 9.59 Å². The molecule has 0 aromatic heterocycles. The second-order valence-corrected chi connectivity index (χ2v) is 11.5. The van der Waals surface area contributed by atoms with Gasteiger partial charge >= 0.3 is 49.7 Å². The molecule has 39 heavy (non-hydrogen) atoms. The van der Waals surface area contributed by atoms with E-state index < -0.39 is 11.9 Å². The molecule has 0 atom stereocenters. The molecule has 0 aliphatic heterocycles. The molecule has 0 saturated heterocycles. The van der Waals surface area contributed by atoms with Gasteiger partial charge in [0.05, 0.1) is 0 Å². The van der Waals surface area contributed by atoms with Crippen molar-refractivity contribution in [1.29, 1.82) is 0 Å². The fraction of sp³-hybridized carbons (Fsp3) is 0.941. The Kier molecular flexibility index (Phi) is 45.2. The predicted molar refractivity (Wildman–Crippen MR) is 173 cm³/mol. The van der Waals surface area contributed by atoms with Crippen LogP contribution in [0.4, 0.5) is 0 Å². The van der Waals surface area contributed by atoms with Gasteiger partial charge in [0, 0.05) is 12.8 Å². The van der Waals surface area contributed by atoms with Crippen LogP contribution in [0, 0.1) is 0 Å². The van der Waals surface area contributed by atoms with Crippen LogP contribution in [0.2, 0.25) is 0 Å². The molecule has 0 aliphatic rings. The molecule has 0 aromatic rings. The van der Waals surface area contributed by atoms with E-state index in [0.717, 1.165) is 25.7 Å². The van der Waals surface area contributed by atoms with E-state index in [9.17, 15) is 9.59 Å². The molecule has 0 amide bonds. The summed E-state index contributed by atoms with van der Waals surface area (Å²) in [4.78, 5) is 20.6. The molecule has 0 spiro atoms. The summed E-state index contributed by atoms with van der Waals surface area (Å²) in [6, 6.07) is 0. The molecular weight excluding hydrogens is 512 g/mol. The summed E-state index contributed by atoms with van der Waals surface area (Å²) >= 11 is 0. The van der Waals surface area contributed by atoms with Crippen LogP contribution in [-0.4, -0.2) is 59.9 Å². The van der Waals surface area contributed by atoms with Crippen LogP contribution >= 0.6 is 0 Å². The maximum Gasteiger partial charge on any atom is 2.00 e. The van der Waals surface area contributed by atoms with Crippen LogP contribution < -0.4 is 0 Å². The molecule has 0 aromatic carbocycles. The first kappa shape index (κ1) is 43.7. The Labute approximate surface area is 277 Å². The van der Waals surface area contributed by atoms with Crippen molar-refractivity contribution in [1.82, 2.24) is 0 Å². The molecule has 0 fully saturated rings. The minimum atomic E-state index is -0.655. The van der Waals surface area contributed by atoms with E-state index in [1.165, 1.54) is 154 Å². The monoisotopic (exact) mass is 582 g/mol. The quantitative estimate of drug-likeness (QED) is 0.0652. The van der Waals surface area contributed by atoms with E-state index in [2.05, 4.69) is 13.8 Å². The average molecular weight is 583 g/mol. The summed E-state index contributed by atoms with van der Waals surface area (Å²) in [5.74, 6) is -1.31. The number of aliphatic carboxylic acids is 2. The van der Waals surface area contributed by atoms with Gasteiger partial charge in [0.25, 0.3) is 0 Å². The molecule has 0 heterocycles. The van der Waals surface area contributed by atoms with Crippen molar-refractivity contribution >= 4 is 49.7 Å². The zero-order valence-electron chi connectivity index (χ0n) is 28.6.